The molecule has 1 aromatic carbocycles. The highest BCUT2D eigenvalue weighted by atomic mass is 19.1. The first-order chi connectivity index (χ1) is 11.0. The Kier molecular flexibility index (Phi) is 6.38. The van der Waals surface area contributed by atoms with Gasteiger partial charge in [0, 0.05) is 6.42 Å². The van der Waals surface area contributed by atoms with Crippen molar-refractivity contribution in [2.75, 3.05) is 0 Å². The minimum absolute atomic E-state index is 0.195. The average molecular weight is 322 g/mol. The molecule has 5 nitrogen and oxygen atoms in total. The van der Waals surface area contributed by atoms with Gasteiger partial charge in [-0.15, -0.1) is 0 Å². The Hall–Kier alpha value is -2.11. The molecule has 1 atom stereocenters. The van der Waals surface area contributed by atoms with Gasteiger partial charge < -0.3 is 4.74 Å². The molecule has 1 aliphatic rings. The molecule has 1 saturated carbocycles. The molecule has 0 aromatic heterocycles. The lowest BCUT2D eigenvalue weighted by molar-refractivity contribution is -0.132. The maximum Gasteiger partial charge on any atom is 0.279 e. The number of halogens is 1. The molecule has 0 unspecified atom stereocenters. The zero-order chi connectivity index (χ0) is 16.7. The van der Waals surface area contributed by atoms with Crippen molar-refractivity contribution >= 4 is 11.8 Å². The molecule has 0 spiro atoms. The van der Waals surface area contributed by atoms with E-state index in [0.29, 0.717) is 18.1 Å². The van der Waals surface area contributed by atoms with Crippen molar-refractivity contribution in [3.63, 3.8) is 0 Å². The lowest BCUT2D eigenvalue weighted by atomic mass is 10.0. The number of benzene rings is 1. The number of nitrogens with one attached hydrogen (secondary N) is 2. The number of carbonyl (C=O) groups excluding carboxylic acids is 2. The molecule has 0 aliphatic heterocycles. The predicted molar refractivity (Wildman–Crippen MR) is 84.0 cm³/mol. The molecule has 0 radical (unpaired) electrons. The second-order valence-electron chi connectivity index (χ2n) is 5.94. The fourth-order valence-electron chi connectivity index (χ4n) is 2.70. The number of carbonyl (C=O) groups is 2. The largest absolute Gasteiger partial charge is 0.481 e. The molecule has 0 bridgehead atoms. The van der Waals surface area contributed by atoms with E-state index in [9.17, 15) is 14.0 Å². The summed E-state index contributed by atoms with van der Waals surface area (Å²) in [5.41, 5.74) is 4.76. The van der Waals surface area contributed by atoms with E-state index in [1.165, 1.54) is 49.9 Å². The van der Waals surface area contributed by atoms with E-state index in [1.807, 2.05) is 0 Å². The second kappa shape index (κ2) is 8.50. The van der Waals surface area contributed by atoms with Gasteiger partial charge in [-0.05, 0) is 43.5 Å². The molecule has 0 heterocycles. The van der Waals surface area contributed by atoms with Gasteiger partial charge in [-0.2, -0.15) is 0 Å². The fourth-order valence-corrected chi connectivity index (χ4v) is 2.70. The molecule has 6 heteroatoms. The van der Waals surface area contributed by atoms with E-state index in [-0.39, 0.29) is 11.7 Å². The highest BCUT2D eigenvalue weighted by molar-refractivity contribution is 5.84. The third kappa shape index (κ3) is 5.88. The number of rotatable bonds is 6. The van der Waals surface area contributed by atoms with Gasteiger partial charge in [0.25, 0.3) is 5.91 Å². The lowest BCUT2D eigenvalue weighted by Gasteiger charge is -2.15. The van der Waals surface area contributed by atoms with Crippen molar-refractivity contribution in [3.8, 4) is 5.75 Å². The first-order valence-corrected chi connectivity index (χ1v) is 8.05. The molecular weight excluding hydrogens is 299 g/mol. The summed E-state index contributed by atoms with van der Waals surface area (Å²) in [7, 11) is 0. The number of hydrogen-bond acceptors (Lipinski definition) is 3. The molecule has 0 saturated heterocycles. The molecule has 126 valence electrons. The van der Waals surface area contributed by atoms with Crippen LogP contribution in [-0.2, 0) is 9.59 Å². The highest BCUT2D eigenvalue weighted by Crippen LogP contribution is 2.28. The Balaban J connectivity index is 1.66. The molecule has 1 aromatic rings. The van der Waals surface area contributed by atoms with Crippen LogP contribution in [0, 0.1) is 11.7 Å². The highest BCUT2D eigenvalue weighted by Gasteiger charge is 2.18. The number of amides is 2. The van der Waals surface area contributed by atoms with Crippen molar-refractivity contribution in [1.29, 1.82) is 0 Å². The predicted octanol–water partition coefficient (Wildman–Crippen LogP) is 2.71. The second-order valence-corrected chi connectivity index (χ2v) is 5.94. The summed E-state index contributed by atoms with van der Waals surface area (Å²) in [6.07, 6.45) is 5.38. The summed E-state index contributed by atoms with van der Waals surface area (Å²) in [5.74, 6) is 0.00514. The van der Waals surface area contributed by atoms with Gasteiger partial charge >= 0.3 is 0 Å². The fraction of sp³-hybridized carbons (Fsp3) is 0.529. The molecule has 1 aliphatic carbocycles. The standard InChI is InChI=1S/C17H23FN2O3/c1-12(23-15-9-7-14(18)8-10-15)17(22)20-19-16(21)11-6-13-4-2-3-5-13/h7-10,12-13H,2-6,11H2,1H3,(H,19,21)(H,20,22)/t12-/m1/s1. The minimum atomic E-state index is -0.796. The number of hydrazine groups is 1. The van der Waals surface area contributed by atoms with Crippen LogP contribution in [0.4, 0.5) is 4.39 Å². The minimum Gasteiger partial charge on any atom is -0.481 e. The van der Waals surface area contributed by atoms with E-state index in [0.717, 1.165) is 6.42 Å². The lowest BCUT2D eigenvalue weighted by Crippen LogP contribution is -2.47. The Bertz CT molecular complexity index is 527. The number of ether oxygens (including phenoxy) is 1. The smallest absolute Gasteiger partial charge is 0.279 e. The molecular formula is C17H23FN2O3. The number of hydrogen-bond donors (Lipinski definition) is 2. The molecule has 1 fully saturated rings. The quantitative estimate of drug-likeness (QED) is 0.791. The average Bonchev–Trinajstić information content (AvgIpc) is 3.06. The molecule has 2 rings (SSSR count). The van der Waals surface area contributed by atoms with Gasteiger partial charge in [-0.1, -0.05) is 25.7 Å². The Morgan fingerprint density at radius 2 is 1.87 bits per heavy atom. The van der Waals surface area contributed by atoms with Crippen LogP contribution in [0.5, 0.6) is 5.75 Å². The van der Waals surface area contributed by atoms with Crippen molar-refractivity contribution in [1.82, 2.24) is 10.9 Å². The van der Waals surface area contributed by atoms with E-state index in [1.54, 1.807) is 6.92 Å². The topological polar surface area (TPSA) is 67.4 Å². The van der Waals surface area contributed by atoms with Gasteiger partial charge in [0.1, 0.15) is 11.6 Å². The van der Waals surface area contributed by atoms with Crippen LogP contribution in [0.15, 0.2) is 24.3 Å². The van der Waals surface area contributed by atoms with Crippen LogP contribution < -0.4 is 15.6 Å². The SMILES string of the molecule is C[C@@H](Oc1ccc(F)cc1)C(=O)NNC(=O)CCC1CCCC1. The van der Waals surface area contributed by atoms with Crippen LogP contribution in [0.25, 0.3) is 0 Å². The van der Waals surface area contributed by atoms with Crippen molar-refractivity contribution in [3.05, 3.63) is 30.1 Å². The zero-order valence-electron chi connectivity index (χ0n) is 13.3. The Morgan fingerprint density at radius 3 is 2.52 bits per heavy atom. The van der Waals surface area contributed by atoms with E-state index in [4.69, 9.17) is 4.74 Å². The first kappa shape index (κ1) is 17.2. The van der Waals surface area contributed by atoms with E-state index < -0.39 is 12.0 Å². The summed E-state index contributed by atoms with van der Waals surface area (Å²) >= 11 is 0. The first-order valence-electron chi connectivity index (χ1n) is 8.05. The monoisotopic (exact) mass is 322 g/mol. The Morgan fingerprint density at radius 1 is 1.22 bits per heavy atom. The maximum atomic E-state index is 12.8. The van der Waals surface area contributed by atoms with Crippen molar-refractivity contribution in [2.45, 2.75) is 51.6 Å². The van der Waals surface area contributed by atoms with Gasteiger partial charge in [0.2, 0.25) is 5.91 Å². The van der Waals surface area contributed by atoms with Gasteiger partial charge in [0.05, 0.1) is 0 Å². The van der Waals surface area contributed by atoms with Gasteiger partial charge in [0.15, 0.2) is 6.10 Å². The zero-order valence-corrected chi connectivity index (χ0v) is 13.3. The molecule has 2 N–H and O–H groups in total. The van der Waals surface area contributed by atoms with Crippen LogP contribution in [0.2, 0.25) is 0 Å². The van der Waals surface area contributed by atoms with Gasteiger partial charge in [-0.3, -0.25) is 20.4 Å². The molecule has 23 heavy (non-hydrogen) atoms. The van der Waals surface area contributed by atoms with E-state index >= 15 is 0 Å². The third-order valence-electron chi connectivity index (χ3n) is 4.08. The van der Waals surface area contributed by atoms with Crippen molar-refractivity contribution in [2.24, 2.45) is 5.92 Å². The summed E-state index contributed by atoms with van der Waals surface area (Å²) in [6, 6.07) is 5.40. The summed E-state index contributed by atoms with van der Waals surface area (Å²) in [5, 5.41) is 0. The van der Waals surface area contributed by atoms with E-state index in [2.05, 4.69) is 10.9 Å². The Labute approximate surface area is 135 Å². The summed E-state index contributed by atoms with van der Waals surface area (Å²) in [4.78, 5) is 23.6. The van der Waals surface area contributed by atoms with Crippen LogP contribution >= 0.6 is 0 Å². The van der Waals surface area contributed by atoms with Crippen LogP contribution in [0.3, 0.4) is 0 Å². The summed E-state index contributed by atoms with van der Waals surface area (Å²) in [6.45, 7) is 1.56. The third-order valence-corrected chi connectivity index (χ3v) is 4.08. The van der Waals surface area contributed by atoms with Crippen LogP contribution in [0.1, 0.15) is 45.4 Å². The van der Waals surface area contributed by atoms with Gasteiger partial charge in [-0.25, -0.2) is 4.39 Å². The van der Waals surface area contributed by atoms with Crippen LogP contribution in [-0.4, -0.2) is 17.9 Å². The normalized spacial score (nSPS) is 15.9. The molecule has 2 amide bonds. The van der Waals surface area contributed by atoms with Crippen molar-refractivity contribution < 1.29 is 18.7 Å². The maximum absolute atomic E-state index is 12.8. The summed E-state index contributed by atoms with van der Waals surface area (Å²) < 4.78 is 18.2.